The van der Waals surface area contributed by atoms with Gasteiger partial charge in [-0.05, 0) is 44.4 Å². The number of nitrogen functional groups attached to an aromatic ring is 1. The van der Waals surface area contributed by atoms with Crippen LogP contribution in [0.5, 0.6) is 0 Å². The second-order valence-electron chi connectivity index (χ2n) is 6.39. The molecule has 3 rings (SSSR count). The Bertz CT molecular complexity index is 630. The lowest BCUT2D eigenvalue weighted by atomic mass is 10.0. The number of piperidine rings is 1. The number of anilines is 2. The first kappa shape index (κ1) is 15.8. The SMILES string of the molecule is Cc1ccccc1CCN(C)C1CCN(c2nc(N)n[nH]2)CC1. The van der Waals surface area contributed by atoms with Crippen molar-refractivity contribution in [1.82, 2.24) is 20.1 Å². The van der Waals surface area contributed by atoms with Crippen LogP contribution >= 0.6 is 0 Å². The van der Waals surface area contributed by atoms with Crippen LogP contribution in [0, 0.1) is 6.92 Å². The average Bonchev–Trinajstić information content (AvgIpc) is 3.00. The van der Waals surface area contributed by atoms with Crippen LogP contribution in [0.25, 0.3) is 0 Å². The molecule has 2 aromatic rings. The molecule has 3 N–H and O–H groups in total. The van der Waals surface area contributed by atoms with Gasteiger partial charge in [-0.3, -0.25) is 0 Å². The van der Waals surface area contributed by atoms with Crippen LogP contribution in [0.2, 0.25) is 0 Å². The number of benzene rings is 1. The van der Waals surface area contributed by atoms with Crippen molar-refractivity contribution in [3.63, 3.8) is 0 Å². The number of likely N-dealkylation sites (N-methyl/N-ethyl adjacent to an activating group) is 1. The second-order valence-corrected chi connectivity index (χ2v) is 6.39. The predicted molar refractivity (Wildman–Crippen MR) is 93.5 cm³/mol. The van der Waals surface area contributed by atoms with E-state index in [1.807, 2.05) is 0 Å². The zero-order valence-electron chi connectivity index (χ0n) is 14.0. The molecule has 1 fully saturated rings. The van der Waals surface area contributed by atoms with Gasteiger partial charge in [0.15, 0.2) is 0 Å². The van der Waals surface area contributed by atoms with Crippen molar-refractivity contribution in [2.75, 3.05) is 37.3 Å². The Hall–Kier alpha value is -2.08. The van der Waals surface area contributed by atoms with Gasteiger partial charge >= 0.3 is 0 Å². The van der Waals surface area contributed by atoms with Gasteiger partial charge in [0.1, 0.15) is 0 Å². The van der Waals surface area contributed by atoms with Crippen LogP contribution in [0.3, 0.4) is 0 Å². The summed E-state index contributed by atoms with van der Waals surface area (Å²) in [6.45, 7) is 5.28. The van der Waals surface area contributed by atoms with Crippen molar-refractivity contribution in [3.8, 4) is 0 Å². The molecule has 0 amide bonds. The Morgan fingerprint density at radius 3 is 2.70 bits per heavy atom. The molecule has 0 bridgehead atoms. The third-order valence-electron chi connectivity index (χ3n) is 4.87. The molecule has 1 aliphatic heterocycles. The minimum Gasteiger partial charge on any atom is -0.366 e. The fourth-order valence-corrected chi connectivity index (χ4v) is 3.30. The summed E-state index contributed by atoms with van der Waals surface area (Å²) in [7, 11) is 2.24. The number of aryl methyl sites for hydroxylation is 1. The molecular formula is C17H26N6. The number of hydrogen-bond acceptors (Lipinski definition) is 5. The topological polar surface area (TPSA) is 74.1 Å². The summed E-state index contributed by atoms with van der Waals surface area (Å²) in [4.78, 5) is 8.94. The third kappa shape index (κ3) is 3.82. The van der Waals surface area contributed by atoms with Crippen molar-refractivity contribution < 1.29 is 0 Å². The smallest absolute Gasteiger partial charge is 0.241 e. The summed E-state index contributed by atoms with van der Waals surface area (Å²) >= 11 is 0. The van der Waals surface area contributed by atoms with Crippen LogP contribution in [-0.4, -0.2) is 52.8 Å². The molecule has 23 heavy (non-hydrogen) atoms. The monoisotopic (exact) mass is 314 g/mol. The summed E-state index contributed by atoms with van der Waals surface area (Å²) in [5, 5.41) is 6.81. The van der Waals surface area contributed by atoms with E-state index in [2.05, 4.69) is 63.2 Å². The highest BCUT2D eigenvalue weighted by Gasteiger charge is 2.24. The lowest BCUT2D eigenvalue weighted by molar-refractivity contribution is 0.209. The zero-order valence-corrected chi connectivity index (χ0v) is 14.0. The van der Waals surface area contributed by atoms with E-state index < -0.39 is 0 Å². The number of aromatic nitrogens is 3. The molecular weight excluding hydrogens is 288 g/mol. The van der Waals surface area contributed by atoms with Crippen LogP contribution in [-0.2, 0) is 6.42 Å². The maximum atomic E-state index is 5.58. The Morgan fingerprint density at radius 1 is 1.30 bits per heavy atom. The largest absolute Gasteiger partial charge is 0.366 e. The van der Waals surface area contributed by atoms with E-state index in [9.17, 15) is 0 Å². The molecule has 1 aromatic heterocycles. The fourth-order valence-electron chi connectivity index (χ4n) is 3.30. The molecule has 2 heterocycles. The lowest BCUT2D eigenvalue weighted by Gasteiger charge is -2.36. The van der Waals surface area contributed by atoms with Gasteiger partial charge in [-0.25, -0.2) is 5.10 Å². The number of nitrogens with zero attached hydrogens (tertiary/aromatic N) is 4. The maximum absolute atomic E-state index is 5.58. The highest BCUT2D eigenvalue weighted by Crippen LogP contribution is 2.20. The molecule has 1 saturated heterocycles. The Labute approximate surface area is 137 Å². The summed E-state index contributed by atoms with van der Waals surface area (Å²) < 4.78 is 0. The van der Waals surface area contributed by atoms with E-state index in [1.54, 1.807) is 0 Å². The summed E-state index contributed by atoms with van der Waals surface area (Å²) in [5.41, 5.74) is 8.42. The molecule has 0 saturated carbocycles. The zero-order chi connectivity index (χ0) is 16.2. The molecule has 0 unspecified atom stereocenters. The van der Waals surface area contributed by atoms with Gasteiger partial charge < -0.3 is 15.5 Å². The number of aromatic amines is 1. The minimum atomic E-state index is 0.317. The number of nitrogens with one attached hydrogen (secondary N) is 1. The summed E-state index contributed by atoms with van der Waals surface area (Å²) in [6, 6.07) is 9.30. The van der Waals surface area contributed by atoms with E-state index >= 15 is 0 Å². The Morgan fingerprint density at radius 2 is 2.04 bits per heavy atom. The van der Waals surface area contributed by atoms with Crippen LogP contribution in [0.1, 0.15) is 24.0 Å². The summed E-state index contributed by atoms with van der Waals surface area (Å²) in [5.74, 6) is 1.11. The first-order chi connectivity index (χ1) is 11.1. The van der Waals surface area contributed by atoms with Crippen LogP contribution < -0.4 is 10.6 Å². The van der Waals surface area contributed by atoms with Gasteiger partial charge in [0.25, 0.3) is 0 Å². The van der Waals surface area contributed by atoms with Gasteiger partial charge in [0.2, 0.25) is 11.9 Å². The maximum Gasteiger partial charge on any atom is 0.241 e. The van der Waals surface area contributed by atoms with Crippen LogP contribution in [0.15, 0.2) is 24.3 Å². The van der Waals surface area contributed by atoms with E-state index in [1.165, 1.54) is 11.1 Å². The Balaban J connectivity index is 1.48. The quantitative estimate of drug-likeness (QED) is 0.881. The molecule has 0 spiro atoms. The first-order valence-electron chi connectivity index (χ1n) is 8.31. The van der Waals surface area contributed by atoms with Gasteiger partial charge in [0, 0.05) is 25.7 Å². The van der Waals surface area contributed by atoms with Gasteiger partial charge in [-0.15, -0.1) is 5.10 Å². The summed E-state index contributed by atoms with van der Waals surface area (Å²) in [6.07, 6.45) is 3.40. The number of H-pyrrole nitrogens is 1. The van der Waals surface area contributed by atoms with Crippen LogP contribution in [0.4, 0.5) is 11.9 Å². The highest BCUT2D eigenvalue weighted by molar-refractivity contribution is 5.34. The van der Waals surface area contributed by atoms with Crippen molar-refractivity contribution in [3.05, 3.63) is 35.4 Å². The van der Waals surface area contributed by atoms with Gasteiger partial charge in [-0.1, -0.05) is 24.3 Å². The Kier molecular flexibility index (Phi) is 4.81. The van der Waals surface area contributed by atoms with Gasteiger partial charge in [-0.2, -0.15) is 4.98 Å². The molecule has 6 heteroatoms. The van der Waals surface area contributed by atoms with E-state index in [0.29, 0.717) is 12.0 Å². The van der Waals surface area contributed by atoms with Crippen molar-refractivity contribution in [2.24, 2.45) is 0 Å². The molecule has 0 radical (unpaired) electrons. The standard InChI is InChI=1S/C17H26N6/c1-13-5-3-4-6-14(13)7-10-22(2)15-8-11-23(12-9-15)17-19-16(18)20-21-17/h3-6,15H,7-12H2,1-2H3,(H3,18,19,20,21). The van der Waals surface area contributed by atoms with E-state index in [-0.39, 0.29) is 0 Å². The minimum absolute atomic E-state index is 0.317. The normalized spacial score (nSPS) is 16.2. The number of hydrogen-bond donors (Lipinski definition) is 2. The molecule has 6 nitrogen and oxygen atoms in total. The molecule has 0 aliphatic carbocycles. The third-order valence-corrected chi connectivity index (χ3v) is 4.87. The van der Waals surface area contributed by atoms with Crippen molar-refractivity contribution in [1.29, 1.82) is 0 Å². The average molecular weight is 314 g/mol. The number of rotatable bonds is 5. The lowest BCUT2D eigenvalue weighted by Crippen LogP contribution is -2.44. The molecule has 1 aliphatic rings. The van der Waals surface area contributed by atoms with E-state index in [0.717, 1.165) is 44.8 Å². The van der Waals surface area contributed by atoms with Gasteiger partial charge in [0.05, 0.1) is 0 Å². The molecule has 124 valence electrons. The molecule has 1 aromatic carbocycles. The van der Waals surface area contributed by atoms with Crippen molar-refractivity contribution in [2.45, 2.75) is 32.2 Å². The highest BCUT2D eigenvalue weighted by atomic mass is 15.4. The first-order valence-corrected chi connectivity index (χ1v) is 8.31. The molecule has 0 atom stereocenters. The second kappa shape index (κ2) is 7.00. The van der Waals surface area contributed by atoms with Crippen molar-refractivity contribution >= 4 is 11.9 Å². The number of nitrogens with two attached hydrogens (primary N) is 1. The fraction of sp³-hybridized carbons (Fsp3) is 0.529. The predicted octanol–water partition coefficient (Wildman–Crippen LogP) is 1.84. The van der Waals surface area contributed by atoms with E-state index in [4.69, 9.17) is 5.73 Å².